The molecule has 0 spiro atoms. The van der Waals surface area contributed by atoms with E-state index in [1.807, 2.05) is 42.5 Å². The molecule has 132 valence electrons. The van der Waals surface area contributed by atoms with Crippen LogP contribution in [0.4, 0.5) is 0 Å². The molecule has 0 amide bonds. The molecule has 0 radical (unpaired) electrons. The van der Waals surface area contributed by atoms with Gasteiger partial charge in [0.1, 0.15) is 0 Å². The fourth-order valence-electron chi connectivity index (χ4n) is 3.24. The number of benzene rings is 3. The molecule has 0 bridgehead atoms. The Hall–Kier alpha value is -2.71. The fourth-order valence-corrected chi connectivity index (χ4v) is 3.24. The van der Waals surface area contributed by atoms with E-state index in [2.05, 4.69) is 60.5 Å². The number of carbonyl (C=O) groups excluding carboxylic acids is 1. The zero-order valence-corrected chi connectivity index (χ0v) is 15.2. The van der Waals surface area contributed by atoms with Crippen molar-refractivity contribution in [3.8, 4) is 0 Å². The van der Waals surface area contributed by atoms with Crippen LogP contribution in [0.15, 0.2) is 91.0 Å². The van der Waals surface area contributed by atoms with Gasteiger partial charge < -0.3 is 0 Å². The summed E-state index contributed by atoms with van der Waals surface area (Å²) < 4.78 is 0. The van der Waals surface area contributed by atoms with Gasteiger partial charge >= 0.3 is 0 Å². The lowest BCUT2D eigenvalue weighted by atomic mass is 9.97. The molecule has 2 heteroatoms. The quantitative estimate of drug-likeness (QED) is 0.526. The highest BCUT2D eigenvalue weighted by Gasteiger charge is 2.18. The molecule has 0 saturated carbocycles. The Bertz CT molecular complexity index is 799. The highest BCUT2D eigenvalue weighted by Crippen LogP contribution is 2.24. The van der Waals surface area contributed by atoms with Crippen LogP contribution in [0.25, 0.3) is 0 Å². The van der Waals surface area contributed by atoms with Crippen LogP contribution in [0.1, 0.15) is 33.9 Å². The Morgan fingerprint density at radius 1 is 0.808 bits per heavy atom. The van der Waals surface area contributed by atoms with E-state index in [-0.39, 0.29) is 11.8 Å². The molecule has 26 heavy (non-hydrogen) atoms. The summed E-state index contributed by atoms with van der Waals surface area (Å²) in [5.74, 6) is 0.198. The predicted octanol–water partition coefficient (Wildman–Crippen LogP) is 5.18. The largest absolute Gasteiger partial charge is 0.299 e. The molecule has 3 rings (SSSR count). The minimum atomic E-state index is 0.198. The Labute approximate surface area is 156 Å². The van der Waals surface area contributed by atoms with Crippen molar-refractivity contribution in [2.75, 3.05) is 13.6 Å². The van der Waals surface area contributed by atoms with Crippen LogP contribution < -0.4 is 0 Å². The van der Waals surface area contributed by atoms with Gasteiger partial charge in [-0.05, 0) is 24.6 Å². The van der Waals surface area contributed by atoms with Gasteiger partial charge in [-0.2, -0.15) is 0 Å². The molecular formula is C24H25NO. The summed E-state index contributed by atoms with van der Waals surface area (Å²) in [6.45, 7) is 0.736. The summed E-state index contributed by atoms with van der Waals surface area (Å²) in [6, 6.07) is 30.9. The van der Waals surface area contributed by atoms with Crippen LogP contribution >= 0.6 is 0 Å². The van der Waals surface area contributed by atoms with Crippen molar-refractivity contribution in [3.63, 3.8) is 0 Å². The van der Waals surface area contributed by atoms with Crippen molar-refractivity contribution < 1.29 is 4.79 Å². The maximum atomic E-state index is 12.4. The minimum absolute atomic E-state index is 0.198. The van der Waals surface area contributed by atoms with E-state index in [1.54, 1.807) is 0 Å². The molecule has 0 aliphatic carbocycles. The van der Waals surface area contributed by atoms with E-state index in [1.165, 1.54) is 11.1 Å². The van der Waals surface area contributed by atoms with E-state index in [0.29, 0.717) is 6.42 Å². The summed E-state index contributed by atoms with van der Waals surface area (Å²) in [5.41, 5.74) is 3.38. The highest BCUT2D eigenvalue weighted by atomic mass is 16.1. The number of nitrogens with zero attached hydrogens (tertiary/aromatic N) is 1. The second-order valence-electron chi connectivity index (χ2n) is 6.64. The molecule has 3 aromatic rings. The summed E-state index contributed by atoms with van der Waals surface area (Å²) in [6.07, 6.45) is 1.46. The summed E-state index contributed by atoms with van der Waals surface area (Å²) >= 11 is 0. The average Bonchev–Trinajstić information content (AvgIpc) is 2.72. The monoisotopic (exact) mass is 343 g/mol. The number of hydrogen-bond acceptors (Lipinski definition) is 2. The SMILES string of the molecule is CN(CCC(=O)c1ccccc1)C(Cc1ccccc1)c1ccccc1. The second kappa shape index (κ2) is 9.12. The van der Waals surface area contributed by atoms with E-state index in [4.69, 9.17) is 0 Å². The summed E-state index contributed by atoms with van der Waals surface area (Å²) in [5, 5.41) is 0. The zero-order chi connectivity index (χ0) is 18.2. The topological polar surface area (TPSA) is 20.3 Å². The van der Waals surface area contributed by atoms with Crippen molar-refractivity contribution in [1.29, 1.82) is 0 Å². The van der Waals surface area contributed by atoms with Crippen molar-refractivity contribution in [2.45, 2.75) is 18.9 Å². The molecule has 2 nitrogen and oxygen atoms in total. The number of carbonyl (C=O) groups is 1. The van der Waals surface area contributed by atoms with Crippen LogP contribution in [0.2, 0.25) is 0 Å². The lowest BCUT2D eigenvalue weighted by Crippen LogP contribution is -2.28. The average molecular weight is 343 g/mol. The van der Waals surface area contributed by atoms with Crippen molar-refractivity contribution in [3.05, 3.63) is 108 Å². The van der Waals surface area contributed by atoms with E-state index >= 15 is 0 Å². The first kappa shape index (κ1) is 18.1. The first-order chi connectivity index (χ1) is 12.7. The lowest BCUT2D eigenvalue weighted by molar-refractivity contribution is 0.0960. The molecule has 0 aromatic heterocycles. The molecule has 1 atom stereocenters. The van der Waals surface area contributed by atoms with Crippen LogP contribution in [-0.4, -0.2) is 24.3 Å². The lowest BCUT2D eigenvalue weighted by Gasteiger charge is -2.28. The van der Waals surface area contributed by atoms with E-state index in [9.17, 15) is 4.79 Å². The molecule has 0 fully saturated rings. The Kier molecular flexibility index (Phi) is 6.34. The molecule has 0 aliphatic rings. The van der Waals surface area contributed by atoms with Crippen LogP contribution in [0, 0.1) is 0 Å². The van der Waals surface area contributed by atoms with Crippen LogP contribution in [0.3, 0.4) is 0 Å². The third-order valence-electron chi connectivity index (χ3n) is 4.78. The van der Waals surface area contributed by atoms with Crippen molar-refractivity contribution >= 4 is 5.78 Å². The maximum absolute atomic E-state index is 12.4. The van der Waals surface area contributed by atoms with E-state index < -0.39 is 0 Å². The minimum Gasteiger partial charge on any atom is -0.299 e. The maximum Gasteiger partial charge on any atom is 0.164 e. The number of likely N-dealkylation sites (N-methyl/N-ethyl adjacent to an activating group) is 1. The third kappa shape index (κ3) is 4.90. The Morgan fingerprint density at radius 3 is 1.96 bits per heavy atom. The van der Waals surface area contributed by atoms with Gasteiger partial charge in [0.2, 0.25) is 0 Å². The number of hydrogen-bond donors (Lipinski definition) is 0. The first-order valence-corrected chi connectivity index (χ1v) is 9.11. The van der Waals surface area contributed by atoms with Gasteiger partial charge in [-0.3, -0.25) is 9.69 Å². The van der Waals surface area contributed by atoms with Gasteiger partial charge in [-0.1, -0.05) is 91.0 Å². The second-order valence-corrected chi connectivity index (χ2v) is 6.64. The smallest absolute Gasteiger partial charge is 0.164 e. The molecule has 3 aromatic carbocycles. The van der Waals surface area contributed by atoms with Crippen molar-refractivity contribution in [2.24, 2.45) is 0 Å². The molecular weight excluding hydrogens is 318 g/mol. The standard InChI is InChI=1S/C24H25NO/c1-25(18-17-24(26)22-15-9-4-10-16-22)23(21-13-7-3-8-14-21)19-20-11-5-2-6-12-20/h2-16,23H,17-19H2,1H3. The van der Waals surface area contributed by atoms with Gasteiger partial charge in [-0.15, -0.1) is 0 Å². The first-order valence-electron chi connectivity index (χ1n) is 9.11. The number of ketones is 1. The van der Waals surface area contributed by atoms with Gasteiger partial charge in [0.25, 0.3) is 0 Å². The highest BCUT2D eigenvalue weighted by molar-refractivity contribution is 5.96. The van der Waals surface area contributed by atoms with Gasteiger partial charge in [-0.25, -0.2) is 0 Å². The Morgan fingerprint density at radius 2 is 1.35 bits per heavy atom. The van der Waals surface area contributed by atoms with Gasteiger partial charge in [0, 0.05) is 24.6 Å². The molecule has 0 heterocycles. The van der Waals surface area contributed by atoms with Crippen LogP contribution in [0.5, 0.6) is 0 Å². The Balaban J connectivity index is 1.70. The molecule has 1 unspecified atom stereocenters. The summed E-state index contributed by atoms with van der Waals surface area (Å²) in [4.78, 5) is 14.7. The third-order valence-corrected chi connectivity index (χ3v) is 4.78. The van der Waals surface area contributed by atoms with Gasteiger partial charge in [0.15, 0.2) is 5.78 Å². The number of rotatable bonds is 8. The predicted molar refractivity (Wildman–Crippen MR) is 107 cm³/mol. The van der Waals surface area contributed by atoms with Gasteiger partial charge in [0.05, 0.1) is 0 Å². The van der Waals surface area contributed by atoms with Crippen molar-refractivity contribution in [1.82, 2.24) is 4.90 Å². The van der Waals surface area contributed by atoms with E-state index in [0.717, 1.165) is 18.5 Å². The number of Topliss-reactive ketones (excluding diaryl/α,β-unsaturated/α-hetero) is 1. The molecule has 0 N–H and O–H groups in total. The zero-order valence-electron chi connectivity index (χ0n) is 15.2. The normalized spacial score (nSPS) is 12.1. The molecule has 0 saturated heterocycles. The van der Waals surface area contributed by atoms with Crippen LogP contribution in [-0.2, 0) is 6.42 Å². The molecule has 0 aliphatic heterocycles. The fraction of sp³-hybridized carbons (Fsp3) is 0.208. The summed E-state index contributed by atoms with van der Waals surface area (Å²) in [7, 11) is 2.11.